The van der Waals surface area contributed by atoms with Crippen LogP contribution in [0.25, 0.3) is 0 Å². The van der Waals surface area contributed by atoms with Gasteiger partial charge in [0.1, 0.15) is 0 Å². The second-order valence-electron chi connectivity index (χ2n) is 2.98. The van der Waals surface area contributed by atoms with E-state index in [1.807, 2.05) is 0 Å². The molecule has 1 aromatic carbocycles. The third-order valence-electron chi connectivity index (χ3n) is 1.94. The Bertz CT molecular complexity index is 322. The molecule has 60 valence electrons. The van der Waals surface area contributed by atoms with E-state index in [1.54, 1.807) is 0 Å². The first-order valence-corrected chi connectivity index (χ1v) is 5.14. The molecule has 12 heavy (non-hydrogen) atoms. The monoisotopic (exact) mass is 174 g/mol. The molecule has 0 N–H and O–H groups in total. The molecule has 0 aliphatic carbocycles. The van der Waals surface area contributed by atoms with E-state index in [0.717, 1.165) is 0 Å². The maximum Gasteiger partial charge on any atom is 0.0169 e. The van der Waals surface area contributed by atoms with Gasteiger partial charge in [-0.3, -0.25) is 0 Å². The van der Waals surface area contributed by atoms with Crippen LogP contribution in [-0.2, 0) is 0 Å². The Morgan fingerprint density at radius 3 is 2.50 bits per heavy atom. The van der Waals surface area contributed by atoms with Crippen LogP contribution in [0, 0.1) is 0 Å². The summed E-state index contributed by atoms with van der Waals surface area (Å²) in [5.74, 6) is 0. The molecule has 1 heteroatoms. The van der Waals surface area contributed by atoms with Crippen molar-refractivity contribution in [1.29, 1.82) is 0 Å². The first-order chi connectivity index (χ1) is 5.86. The lowest BCUT2D eigenvalue weighted by Gasteiger charge is -1.97. The summed E-state index contributed by atoms with van der Waals surface area (Å²) in [5.41, 5.74) is 2.06. The van der Waals surface area contributed by atoms with E-state index < -0.39 is 0 Å². The van der Waals surface area contributed by atoms with Crippen molar-refractivity contribution < 1.29 is 0 Å². The second kappa shape index (κ2) is 3.25. The Hall–Kier alpha value is -0.870. The molecular formula is C11H11P. The van der Waals surface area contributed by atoms with Crippen LogP contribution in [0.4, 0.5) is 0 Å². The summed E-state index contributed by atoms with van der Waals surface area (Å²) in [4.78, 5) is 0. The zero-order valence-corrected chi connectivity index (χ0v) is 7.96. The van der Waals surface area contributed by atoms with E-state index in [4.69, 9.17) is 0 Å². The van der Waals surface area contributed by atoms with Crippen molar-refractivity contribution in [2.45, 2.75) is 12.6 Å². The molecule has 0 amide bonds. The van der Waals surface area contributed by atoms with Crippen molar-refractivity contribution in [2.75, 3.05) is 0 Å². The molecule has 1 aromatic rings. The standard InChI is InChI=1S/C11H11P/c1-9-7-8-11(12-9)10-5-3-2-4-6-10/h2-9H,1H3. The highest BCUT2D eigenvalue weighted by Gasteiger charge is 2.05. The van der Waals surface area contributed by atoms with Gasteiger partial charge in [-0.1, -0.05) is 57.6 Å². The van der Waals surface area contributed by atoms with Crippen molar-refractivity contribution >= 4 is 13.5 Å². The fraction of sp³-hybridized carbons (Fsp3) is 0.182. The number of benzene rings is 1. The van der Waals surface area contributed by atoms with Gasteiger partial charge in [-0.2, -0.15) is 0 Å². The Kier molecular flexibility index (Phi) is 2.10. The van der Waals surface area contributed by atoms with E-state index in [9.17, 15) is 0 Å². The average molecular weight is 174 g/mol. The van der Waals surface area contributed by atoms with Gasteiger partial charge in [0.05, 0.1) is 0 Å². The fourth-order valence-corrected chi connectivity index (χ4v) is 2.40. The van der Waals surface area contributed by atoms with Crippen molar-refractivity contribution in [1.82, 2.24) is 0 Å². The molecule has 2 rings (SSSR count). The summed E-state index contributed by atoms with van der Waals surface area (Å²) in [7, 11) is 1.44. The smallest absolute Gasteiger partial charge is 0.0169 e. The number of hydrogen-bond donors (Lipinski definition) is 0. The normalized spacial score (nSPS) is 22.4. The molecule has 1 aliphatic heterocycles. The van der Waals surface area contributed by atoms with Gasteiger partial charge in [0, 0.05) is 11.0 Å². The average Bonchev–Trinajstić information content (AvgIpc) is 2.54. The van der Waals surface area contributed by atoms with Gasteiger partial charge in [-0.15, -0.1) is 0 Å². The van der Waals surface area contributed by atoms with Crippen LogP contribution in [0.1, 0.15) is 12.5 Å². The molecule has 1 aliphatic rings. The number of allylic oxidation sites excluding steroid dienone is 2. The van der Waals surface area contributed by atoms with Crippen LogP contribution < -0.4 is 0 Å². The van der Waals surface area contributed by atoms with Gasteiger partial charge in [0.15, 0.2) is 0 Å². The van der Waals surface area contributed by atoms with E-state index in [1.165, 1.54) is 19.1 Å². The van der Waals surface area contributed by atoms with E-state index in [-0.39, 0.29) is 0 Å². The molecule has 0 nitrogen and oxygen atoms in total. The lowest BCUT2D eigenvalue weighted by atomic mass is 10.1. The third kappa shape index (κ3) is 1.49. The zero-order chi connectivity index (χ0) is 8.39. The highest BCUT2D eigenvalue weighted by atomic mass is 31.1. The van der Waals surface area contributed by atoms with Crippen molar-refractivity contribution in [2.24, 2.45) is 0 Å². The Morgan fingerprint density at radius 1 is 1.17 bits per heavy atom. The summed E-state index contributed by atoms with van der Waals surface area (Å²) in [5, 5.41) is 1.45. The maximum absolute atomic E-state index is 2.27. The number of hydrogen-bond acceptors (Lipinski definition) is 0. The minimum Gasteiger partial charge on any atom is -0.0886 e. The Labute approximate surface area is 74.7 Å². The van der Waals surface area contributed by atoms with E-state index in [0.29, 0.717) is 5.66 Å². The molecular weight excluding hydrogens is 163 g/mol. The summed E-state index contributed by atoms with van der Waals surface area (Å²) in [6.45, 7) is 2.24. The summed E-state index contributed by atoms with van der Waals surface area (Å²) >= 11 is 0. The molecule has 0 bridgehead atoms. The molecule has 0 radical (unpaired) electrons. The first-order valence-electron chi connectivity index (χ1n) is 4.18. The number of rotatable bonds is 1. The molecule has 0 spiro atoms. The topological polar surface area (TPSA) is 0 Å². The molecule has 0 aromatic heterocycles. The molecule has 0 saturated carbocycles. The second-order valence-corrected chi connectivity index (χ2v) is 4.53. The molecule has 1 heterocycles. The highest BCUT2D eigenvalue weighted by Crippen LogP contribution is 2.22. The van der Waals surface area contributed by atoms with Gasteiger partial charge in [0.25, 0.3) is 0 Å². The largest absolute Gasteiger partial charge is 0.0886 e. The van der Waals surface area contributed by atoms with Crippen LogP contribution in [0.3, 0.4) is 0 Å². The molecule has 1 atom stereocenters. The van der Waals surface area contributed by atoms with Gasteiger partial charge < -0.3 is 0 Å². The van der Waals surface area contributed by atoms with Crippen LogP contribution in [0.5, 0.6) is 0 Å². The molecule has 0 saturated heterocycles. The van der Waals surface area contributed by atoms with Gasteiger partial charge >= 0.3 is 0 Å². The molecule has 0 fully saturated rings. The predicted molar refractivity (Wildman–Crippen MR) is 56.1 cm³/mol. The predicted octanol–water partition coefficient (Wildman–Crippen LogP) is 3.11. The van der Waals surface area contributed by atoms with Crippen molar-refractivity contribution in [3.05, 3.63) is 48.0 Å². The zero-order valence-electron chi connectivity index (χ0n) is 7.07. The highest BCUT2D eigenvalue weighted by molar-refractivity contribution is 7.43. The quantitative estimate of drug-likeness (QED) is 0.574. The van der Waals surface area contributed by atoms with E-state index in [2.05, 4.69) is 49.4 Å². The minimum atomic E-state index is 0.695. The van der Waals surface area contributed by atoms with Gasteiger partial charge in [0.2, 0.25) is 0 Å². The minimum absolute atomic E-state index is 0.695. The van der Waals surface area contributed by atoms with Crippen LogP contribution >= 0.6 is 8.20 Å². The summed E-state index contributed by atoms with van der Waals surface area (Å²) in [6, 6.07) is 10.6. The van der Waals surface area contributed by atoms with Crippen LogP contribution in [-0.4, -0.2) is 11.0 Å². The van der Waals surface area contributed by atoms with Crippen LogP contribution in [0.15, 0.2) is 42.5 Å². The maximum atomic E-state index is 2.27. The van der Waals surface area contributed by atoms with Crippen LogP contribution in [0.2, 0.25) is 0 Å². The first kappa shape index (κ1) is 7.76. The van der Waals surface area contributed by atoms with Crippen molar-refractivity contribution in [3.63, 3.8) is 0 Å². The summed E-state index contributed by atoms with van der Waals surface area (Å²) < 4.78 is 0. The summed E-state index contributed by atoms with van der Waals surface area (Å²) in [6.07, 6.45) is 4.51. The van der Waals surface area contributed by atoms with Gasteiger partial charge in [-0.25, -0.2) is 0 Å². The SMILES string of the molecule is CC1C=CC(c2ccccc2)=P1. The lowest BCUT2D eigenvalue weighted by molar-refractivity contribution is 1.26. The molecule has 1 unspecified atom stereocenters. The Morgan fingerprint density at radius 2 is 1.92 bits per heavy atom. The Balaban J connectivity index is 2.34. The van der Waals surface area contributed by atoms with Gasteiger partial charge in [-0.05, 0) is 5.56 Å². The fourth-order valence-electron chi connectivity index (χ4n) is 1.32. The third-order valence-corrected chi connectivity index (χ3v) is 3.21. The van der Waals surface area contributed by atoms with E-state index >= 15 is 0 Å². The van der Waals surface area contributed by atoms with Crippen molar-refractivity contribution in [3.8, 4) is 0 Å². The lowest BCUT2D eigenvalue weighted by Crippen LogP contribution is -1.89.